The Morgan fingerprint density at radius 1 is 0.424 bits per heavy atom. The Bertz CT molecular complexity index is 3210. The van der Waals surface area contributed by atoms with Gasteiger partial charge in [0.05, 0.1) is 28.4 Å². The molecule has 0 radical (unpaired) electrons. The highest BCUT2D eigenvalue weighted by atomic mass is 15.2. The zero-order valence-corrected chi connectivity index (χ0v) is 33.9. The van der Waals surface area contributed by atoms with Crippen LogP contribution in [-0.2, 0) is 6.42 Å². The molecule has 59 heavy (non-hydrogen) atoms. The van der Waals surface area contributed by atoms with Crippen molar-refractivity contribution >= 4 is 66.4 Å². The Morgan fingerprint density at radius 2 is 1.00 bits per heavy atom. The molecular formula is C57H44N2. The standard InChI is InChI=1S/C57H44N2/c1-36-15-11-16-37(2)56(36)58(50-25-13-23-45(39(50)4)40-18-7-5-8-19-40)52-33-29-42-28-32-48-53(34-30-43-27-31-47(52)54(42)55(43)48)59-51-26-14-24-46(41-20-9-6-10-21-41)49(51)35-44-22-12-17-38(3)57(44)59/h5-34H,35H2,1-4H3. The van der Waals surface area contributed by atoms with Gasteiger partial charge in [0, 0.05) is 22.9 Å². The van der Waals surface area contributed by atoms with Gasteiger partial charge in [-0.1, -0.05) is 158 Å². The zero-order chi connectivity index (χ0) is 39.8. The van der Waals surface area contributed by atoms with Crippen molar-refractivity contribution in [3.05, 3.63) is 215 Å². The molecule has 0 aromatic heterocycles. The van der Waals surface area contributed by atoms with Gasteiger partial charge in [-0.25, -0.2) is 0 Å². The molecule has 0 atom stereocenters. The lowest BCUT2D eigenvalue weighted by atomic mass is 9.86. The molecular weight excluding hydrogens is 713 g/mol. The molecule has 0 fully saturated rings. The maximum absolute atomic E-state index is 2.56. The third kappa shape index (κ3) is 5.47. The second kappa shape index (κ2) is 13.7. The van der Waals surface area contributed by atoms with Crippen LogP contribution in [0.1, 0.15) is 33.4 Å². The Labute approximate surface area is 346 Å². The van der Waals surface area contributed by atoms with Gasteiger partial charge in [-0.15, -0.1) is 0 Å². The van der Waals surface area contributed by atoms with E-state index < -0.39 is 0 Å². The number of hydrogen-bond donors (Lipinski definition) is 0. The van der Waals surface area contributed by atoms with E-state index in [-0.39, 0.29) is 0 Å². The average Bonchev–Trinajstić information content (AvgIpc) is 3.27. The normalized spacial score (nSPS) is 12.3. The quantitative estimate of drug-likeness (QED) is 0.156. The number of hydrogen-bond acceptors (Lipinski definition) is 2. The van der Waals surface area contributed by atoms with E-state index in [0.717, 1.165) is 6.42 Å². The fraction of sp³-hybridized carbons (Fsp3) is 0.0877. The lowest BCUT2D eigenvalue weighted by Crippen LogP contribution is -2.20. The first-order valence-corrected chi connectivity index (χ1v) is 20.7. The molecule has 1 aliphatic rings. The van der Waals surface area contributed by atoms with Crippen LogP contribution < -0.4 is 9.80 Å². The topological polar surface area (TPSA) is 6.48 Å². The molecule has 0 saturated heterocycles. The van der Waals surface area contributed by atoms with Crippen LogP contribution in [0.5, 0.6) is 0 Å². The minimum Gasteiger partial charge on any atom is -0.309 e. The molecule has 0 amide bonds. The van der Waals surface area contributed by atoms with Gasteiger partial charge in [-0.2, -0.15) is 0 Å². The zero-order valence-electron chi connectivity index (χ0n) is 33.9. The van der Waals surface area contributed by atoms with E-state index >= 15 is 0 Å². The number of aryl methyl sites for hydroxylation is 3. The van der Waals surface area contributed by atoms with E-state index in [2.05, 4.69) is 219 Å². The van der Waals surface area contributed by atoms with Crippen LogP contribution in [0.4, 0.5) is 34.1 Å². The highest BCUT2D eigenvalue weighted by molar-refractivity contribution is 6.28. The van der Waals surface area contributed by atoms with E-state index in [9.17, 15) is 0 Å². The summed E-state index contributed by atoms with van der Waals surface area (Å²) in [5.41, 5.74) is 20.1. The van der Waals surface area contributed by atoms with Crippen LogP contribution in [0.3, 0.4) is 0 Å². The van der Waals surface area contributed by atoms with Gasteiger partial charge in [0.1, 0.15) is 0 Å². The first kappa shape index (κ1) is 35.0. The molecule has 1 aliphatic heterocycles. The van der Waals surface area contributed by atoms with Gasteiger partial charge in [0.2, 0.25) is 0 Å². The van der Waals surface area contributed by atoms with Gasteiger partial charge in [-0.05, 0) is 129 Å². The molecule has 1 heterocycles. The maximum Gasteiger partial charge on any atom is 0.0541 e. The van der Waals surface area contributed by atoms with Crippen LogP contribution in [0.2, 0.25) is 0 Å². The minimum atomic E-state index is 0.891. The summed E-state index contributed by atoms with van der Waals surface area (Å²) in [5, 5.41) is 7.60. The third-order valence-electron chi connectivity index (χ3n) is 12.8. The van der Waals surface area contributed by atoms with Crippen LogP contribution in [0.15, 0.2) is 182 Å². The first-order chi connectivity index (χ1) is 29.0. The fourth-order valence-electron chi connectivity index (χ4n) is 10.1. The molecule has 10 aromatic rings. The van der Waals surface area contributed by atoms with E-state index in [1.165, 1.54) is 122 Å². The smallest absolute Gasteiger partial charge is 0.0541 e. The van der Waals surface area contributed by atoms with Gasteiger partial charge < -0.3 is 9.80 Å². The van der Waals surface area contributed by atoms with Crippen molar-refractivity contribution < 1.29 is 0 Å². The van der Waals surface area contributed by atoms with Gasteiger partial charge in [0.25, 0.3) is 0 Å². The summed E-state index contributed by atoms with van der Waals surface area (Å²) in [4.78, 5) is 5.09. The maximum atomic E-state index is 2.56. The summed E-state index contributed by atoms with van der Waals surface area (Å²) in [6, 6.07) is 67.5. The summed E-state index contributed by atoms with van der Waals surface area (Å²) in [7, 11) is 0. The fourth-order valence-corrected chi connectivity index (χ4v) is 10.1. The van der Waals surface area contributed by atoms with Crippen LogP contribution in [0, 0.1) is 27.7 Å². The molecule has 10 aromatic carbocycles. The van der Waals surface area contributed by atoms with Gasteiger partial charge >= 0.3 is 0 Å². The van der Waals surface area contributed by atoms with E-state index in [4.69, 9.17) is 0 Å². The molecule has 0 spiro atoms. The second-order valence-electron chi connectivity index (χ2n) is 16.2. The van der Waals surface area contributed by atoms with Crippen molar-refractivity contribution in [2.24, 2.45) is 0 Å². The first-order valence-electron chi connectivity index (χ1n) is 20.7. The van der Waals surface area contributed by atoms with E-state index in [0.29, 0.717) is 0 Å². The summed E-state index contributed by atoms with van der Waals surface area (Å²) < 4.78 is 0. The molecule has 2 nitrogen and oxygen atoms in total. The van der Waals surface area contributed by atoms with Crippen molar-refractivity contribution in [3.8, 4) is 22.3 Å². The highest BCUT2D eigenvalue weighted by Crippen LogP contribution is 2.52. The molecule has 11 rings (SSSR count). The summed E-state index contributed by atoms with van der Waals surface area (Å²) in [6.07, 6.45) is 0.891. The molecule has 282 valence electrons. The monoisotopic (exact) mass is 756 g/mol. The SMILES string of the molecule is Cc1cccc(C)c1N(c1cccc(-c2ccccc2)c1C)c1ccc2ccc3c(N4c5cccc(-c6ccccc6)c5Cc5cccc(C)c54)ccc4ccc1c2c43. The molecule has 0 N–H and O–H groups in total. The lowest BCUT2D eigenvalue weighted by molar-refractivity contribution is 1.08. The Morgan fingerprint density at radius 3 is 1.75 bits per heavy atom. The van der Waals surface area contributed by atoms with Crippen molar-refractivity contribution in [3.63, 3.8) is 0 Å². The molecule has 0 bridgehead atoms. The third-order valence-corrected chi connectivity index (χ3v) is 12.8. The minimum absolute atomic E-state index is 0.891. The number of fused-ring (bicyclic) bond motifs is 2. The molecule has 0 unspecified atom stereocenters. The predicted molar refractivity (Wildman–Crippen MR) is 252 cm³/mol. The van der Waals surface area contributed by atoms with E-state index in [1.807, 2.05) is 0 Å². The van der Waals surface area contributed by atoms with Crippen molar-refractivity contribution in [1.82, 2.24) is 0 Å². The second-order valence-corrected chi connectivity index (χ2v) is 16.2. The lowest BCUT2D eigenvalue weighted by Gasteiger charge is -2.37. The van der Waals surface area contributed by atoms with Crippen LogP contribution >= 0.6 is 0 Å². The number of benzene rings is 10. The average molecular weight is 757 g/mol. The molecule has 0 aliphatic carbocycles. The number of para-hydroxylation sites is 2. The summed E-state index contributed by atoms with van der Waals surface area (Å²) in [5.74, 6) is 0. The summed E-state index contributed by atoms with van der Waals surface area (Å²) >= 11 is 0. The van der Waals surface area contributed by atoms with Gasteiger partial charge in [0.15, 0.2) is 0 Å². The Kier molecular flexibility index (Phi) is 8.16. The highest BCUT2D eigenvalue weighted by Gasteiger charge is 2.30. The summed E-state index contributed by atoms with van der Waals surface area (Å²) in [6.45, 7) is 9.03. The molecule has 2 heteroatoms. The van der Waals surface area contributed by atoms with Gasteiger partial charge in [-0.3, -0.25) is 0 Å². The van der Waals surface area contributed by atoms with Crippen molar-refractivity contribution in [2.75, 3.05) is 9.80 Å². The number of anilines is 6. The van der Waals surface area contributed by atoms with Crippen LogP contribution in [0.25, 0.3) is 54.6 Å². The van der Waals surface area contributed by atoms with Crippen LogP contribution in [-0.4, -0.2) is 0 Å². The van der Waals surface area contributed by atoms with Crippen molar-refractivity contribution in [2.45, 2.75) is 34.1 Å². The predicted octanol–water partition coefficient (Wildman–Crippen LogP) is 16.0. The Balaban J connectivity index is 1.18. The van der Waals surface area contributed by atoms with E-state index in [1.54, 1.807) is 0 Å². The Hall–Kier alpha value is -7.16. The number of nitrogens with zero attached hydrogens (tertiary/aromatic N) is 2. The van der Waals surface area contributed by atoms with Crippen molar-refractivity contribution in [1.29, 1.82) is 0 Å². The molecule has 0 saturated carbocycles. The largest absolute Gasteiger partial charge is 0.309 e. The number of rotatable bonds is 6.